The van der Waals surface area contributed by atoms with Gasteiger partial charge in [-0.05, 0) is 25.3 Å². The summed E-state index contributed by atoms with van der Waals surface area (Å²) < 4.78 is 0. The molecule has 1 aliphatic heterocycles. The molecule has 4 nitrogen and oxygen atoms in total. The van der Waals surface area contributed by atoms with Gasteiger partial charge in [-0.1, -0.05) is 6.92 Å². The van der Waals surface area contributed by atoms with Crippen molar-refractivity contribution in [2.75, 3.05) is 19.6 Å². The molecule has 1 atom stereocenters. The Balaban J connectivity index is 1.79. The number of hydrogen-bond donors (Lipinski definition) is 1. The Labute approximate surface area is 112 Å². The summed E-state index contributed by atoms with van der Waals surface area (Å²) in [5.74, 6) is 0.0210. The predicted octanol–water partition coefficient (Wildman–Crippen LogP) is 2.04. The lowest BCUT2D eigenvalue weighted by atomic mass is 10.0. The zero-order valence-corrected chi connectivity index (χ0v) is 11.6. The molecular weight excluding hydrogens is 248 g/mol. The number of piperidine rings is 1. The molecule has 5 heteroatoms. The van der Waals surface area contributed by atoms with E-state index in [4.69, 9.17) is 5.11 Å². The topological polar surface area (TPSA) is 53.4 Å². The van der Waals surface area contributed by atoms with Crippen LogP contribution in [0.3, 0.4) is 0 Å². The third-order valence-corrected chi connectivity index (χ3v) is 4.37. The fourth-order valence-electron chi connectivity index (χ4n) is 2.44. The molecule has 2 rings (SSSR count). The first-order valence-corrected chi connectivity index (χ1v) is 7.33. The van der Waals surface area contributed by atoms with Gasteiger partial charge in [-0.25, -0.2) is 4.98 Å². The maximum Gasteiger partial charge on any atom is 0.308 e. The van der Waals surface area contributed by atoms with Gasteiger partial charge in [0, 0.05) is 30.6 Å². The second-order valence-electron chi connectivity index (χ2n) is 5.09. The third-order valence-electron chi connectivity index (χ3n) is 3.31. The van der Waals surface area contributed by atoms with Crippen LogP contribution in [-0.4, -0.2) is 40.6 Å². The van der Waals surface area contributed by atoms with E-state index >= 15 is 0 Å². The number of nitrogens with zero attached hydrogens (tertiary/aromatic N) is 2. The van der Waals surface area contributed by atoms with Gasteiger partial charge in [0.2, 0.25) is 0 Å². The van der Waals surface area contributed by atoms with E-state index in [2.05, 4.69) is 16.8 Å². The number of carboxylic acids is 1. The van der Waals surface area contributed by atoms with Crippen LogP contribution in [0.2, 0.25) is 0 Å². The van der Waals surface area contributed by atoms with Crippen molar-refractivity contribution in [3.8, 4) is 0 Å². The number of rotatable bonds is 5. The van der Waals surface area contributed by atoms with Crippen LogP contribution in [0.25, 0.3) is 0 Å². The van der Waals surface area contributed by atoms with E-state index < -0.39 is 5.97 Å². The molecule has 0 amide bonds. The van der Waals surface area contributed by atoms with Crippen molar-refractivity contribution in [1.29, 1.82) is 0 Å². The molecule has 18 heavy (non-hydrogen) atoms. The molecule has 100 valence electrons. The summed E-state index contributed by atoms with van der Waals surface area (Å²) in [7, 11) is 0. The highest BCUT2D eigenvalue weighted by molar-refractivity contribution is 7.11. The lowest BCUT2D eigenvalue weighted by Gasteiger charge is -2.30. The first-order valence-electron chi connectivity index (χ1n) is 6.51. The average Bonchev–Trinajstić information content (AvgIpc) is 2.73. The van der Waals surface area contributed by atoms with Crippen molar-refractivity contribution in [3.63, 3.8) is 0 Å². The third kappa shape index (κ3) is 4.07. The van der Waals surface area contributed by atoms with E-state index in [0.29, 0.717) is 0 Å². The maximum absolute atomic E-state index is 10.6. The van der Waals surface area contributed by atoms with Gasteiger partial charge in [-0.3, -0.25) is 4.79 Å². The Hall–Kier alpha value is -0.940. The van der Waals surface area contributed by atoms with Gasteiger partial charge in [0.15, 0.2) is 0 Å². The molecule has 2 heterocycles. The Morgan fingerprint density at radius 1 is 1.67 bits per heavy atom. The second kappa shape index (κ2) is 6.29. The van der Waals surface area contributed by atoms with Crippen LogP contribution in [0.1, 0.15) is 29.7 Å². The molecule has 1 aromatic heterocycles. The van der Waals surface area contributed by atoms with Crippen molar-refractivity contribution in [2.45, 2.75) is 32.6 Å². The van der Waals surface area contributed by atoms with Crippen LogP contribution >= 0.6 is 11.3 Å². The zero-order valence-electron chi connectivity index (χ0n) is 10.8. The predicted molar refractivity (Wildman–Crippen MR) is 72.0 cm³/mol. The molecule has 0 aliphatic carbocycles. The summed E-state index contributed by atoms with van der Waals surface area (Å²) in [6.45, 7) is 5.73. The fourth-order valence-corrected chi connectivity index (χ4v) is 3.34. The first kappa shape index (κ1) is 13.5. The van der Waals surface area contributed by atoms with Crippen LogP contribution in [0.4, 0.5) is 0 Å². The standard InChI is InChI=1S/C13H20N2O2S/c1-10-3-2-5-15(9-10)6-4-12-14-8-11(18-12)7-13(16)17/h8,10H,2-7,9H2,1H3,(H,16,17). The van der Waals surface area contributed by atoms with Gasteiger partial charge in [-0.15, -0.1) is 11.3 Å². The minimum absolute atomic E-state index is 0.0956. The van der Waals surface area contributed by atoms with Crippen LogP contribution in [-0.2, 0) is 17.6 Å². The maximum atomic E-state index is 10.6. The van der Waals surface area contributed by atoms with Gasteiger partial charge >= 0.3 is 5.97 Å². The minimum atomic E-state index is -0.782. The highest BCUT2D eigenvalue weighted by Crippen LogP contribution is 2.18. The van der Waals surface area contributed by atoms with Crippen LogP contribution in [0, 0.1) is 5.92 Å². The van der Waals surface area contributed by atoms with Crippen molar-refractivity contribution >= 4 is 17.3 Å². The number of aromatic nitrogens is 1. The van der Waals surface area contributed by atoms with E-state index in [1.165, 1.54) is 37.3 Å². The summed E-state index contributed by atoms with van der Waals surface area (Å²) in [5, 5.41) is 9.77. The Kier molecular flexibility index (Phi) is 4.72. The first-order chi connectivity index (χ1) is 8.63. The number of aliphatic carboxylic acids is 1. The van der Waals surface area contributed by atoms with Crippen molar-refractivity contribution < 1.29 is 9.90 Å². The molecule has 0 saturated carbocycles. The summed E-state index contributed by atoms with van der Waals surface area (Å²) in [6, 6.07) is 0. The van der Waals surface area contributed by atoms with Crippen LogP contribution < -0.4 is 0 Å². The van der Waals surface area contributed by atoms with Gasteiger partial charge in [-0.2, -0.15) is 0 Å². The Bertz CT molecular complexity index is 405. The molecule has 1 fully saturated rings. The summed E-state index contributed by atoms with van der Waals surface area (Å²) in [4.78, 5) is 18.2. The van der Waals surface area contributed by atoms with Crippen LogP contribution in [0.15, 0.2) is 6.20 Å². The molecular formula is C13H20N2O2S. The van der Waals surface area contributed by atoms with E-state index in [1.54, 1.807) is 6.20 Å². The molecule has 0 bridgehead atoms. The van der Waals surface area contributed by atoms with Crippen molar-refractivity contribution in [1.82, 2.24) is 9.88 Å². The van der Waals surface area contributed by atoms with Gasteiger partial charge in [0.05, 0.1) is 11.4 Å². The zero-order chi connectivity index (χ0) is 13.0. The summed E-state index contributed by atoms with van der Waals surface area (Å²) in [6.07, 6.45) is 5.38. The molecule has 1 aliphatic rings. The minimum Gasteiger partial charge on any atom is -0.481 e. The molecule has 0 radical (unpaired) electrons. The number of carboxylic acid groups (broad SMARTS) is 1. The normalized spacial score (nSPS) is 21.1. The number of hydrogen-bond acceptors (Lipinski definition) is 4. The van der Waals surface area contributed by atoms with Gasteiger partial charge in [0.1, 0.15) is 0 Å². The van der Waals surface area contributed by atoms with Crippen LogP contribution in [0.5, 0.6) is 0 Å². The number of thiazole rings is 1. The molecule has 0 aromatic carbocycles. The average molecular weight is 268 g/mol. The lowest BCUT2D eigenvalue weighted by molar-refractivity contribution is -0.136. The molecule has 1 saturated heterocycles. The smallest absolute Gasteiger partial charge is 0.308 e. The van der Waals surface area contributed by atoms with Crippen molar-refractivity contribution in [3.05, 3.63) is 16.1 Å². The lowest BCUT2D eigenvalue weighted by Crippen LogP contribution is -2.35. The van der Waals surface area contributed by atoms with Crippen molar-refractivity contribution in [2.24, 2.45) is 5.92 Å². The van der Waals surface area contributed by atoms with Gasteiger partial charge in [0.25, 0.3) is 0 Å². The van der Waals surface area contributed by atoms with E-state index in [0.717, 1.165) is 28.8 Å². The van der Waals surface area contributed by atoms with E-state index in [1.807, 2.05) is 0 Å². The highest BCUT2D eigenvalue weighted by atomic mass is 32.1. The van der Waals surface area contributed by atoms with Gasteiger partial charge < -0.3 is 10.0 Å². The molecule has 1 unspecified atom stereocenters. The molecule has 1 aromatic rings. The SMILES string of the molecule is CC1CCCN(CCc2ncc(CC(=O)O)s2)C1. The fraction of sp³-hybridized carbons (Fsp3) is 0.692. The second-order valence-corrected chi connectivity index (χ2v) is 6.29. The summed E-state index contributed by atoms with van der Waals surface area (Å²) >= 11 is 1.53. The molecule has 0 spiro atoms. The molecule has 1 N–H and O–H groups in total. The largest absolute Gasteiger partial charge is 0.481 e. The van der Waals surface area contributed by atoms with E-state index in [9.17, 15) is 4.79 Å². The van der Waals surface area contributed by atoms with E-state index in [-0.39, 0.29) is 6.42 Å². The Morgan fingerprint density at radius 3 is 3.22 bits per heavy atom. The summed E-state index contributed by atoms with van der Waals surface area (Å²) in [5.41, 5.74) is 0. The number of carbonyl (C=O) groups is 1. The quantitative estimate of drug-likeness (QED) is 0.888. The Morgan fingerprint density at radius 2 is 2.50 bits per heavy atom. The monoisotopic (exact) mass is 268 g/mol. The number of likely N-dealkylation sites (tertiary alicyclic amines) is 1. The highest BCUT2D eigenvalue weighted by Gasteiger charge is 2.16.